The monoisotopic (exact) mass is 1030 g/mol. The van der Waals surface area contributed by atoms with Gasteiger partial charge in [0.2, 0.25) is 17.7 Å². The molecule has 1 saturated heterocycles. The average Bonchev–Trinajstić information content (AvgIpc) is 4.00. The standard InChI is InChI=1S/C55H57ClFN7O8S/c1-34-50(73-33-61-34)38-10-8-35(9-11-38)28-58-53(67)47-27-42(65)29-64(47)54(68)51(55(2,3)4)63-49(66)31-70-21-20-69-22-23-71-43-16-12-37(13-17-43)39-14-18-46-44(25-39)52(60-32-59-46)62-41-15-19-48(45(56)26-41)72-30-36-6-5-7-40(57)24-36/h5-19,24-26,32-33,42,47,51,65H,20-23,27-31H2,1-4H3,(H,58,67)(H,63,66)(H,59,60,62)/t42-,47+,51?/m1/s1. The zero-order valence-electron chi connectivity index (χ0n) is 40.9. The lowest BCUT2D eigenvalue weighted by Crippen LogP contribution is -2.58. The highest BCUT2D eigenvalue weighted by molar-refractivity contribution is 7.13. The number of aromatic nitrogens is 3. The zero-order valence-corrected chi connectivity index (χ0v) is 42.5. The summed E-state index contributed by atoms with van der Waals surface area (Å²) < 4.78 is 36.6. The highest BCUT2D eigenvalue weighted by Crippen LogP contribution is 2.34. The fourth-order valence-electron chi connectivity index (χ4n) is 8.29. The maximum absolute atomic E-state index is 14.0. The van der Waals surface area contributed by atoms with Crippen LogP contribution in [-0.2, 0) is 37.0 Å². The topological polar surface area (TPSA) is 186 Å². The molecule has 4 N–H and O–H groups in total. The van der Waals surface area contributed by atoms with Crippen LogP contribution in [0.1, 0.15) is 44.0 Å². The summed E-state index contributed by atoms with van der Waals surface area (Å²) in [5.74, 6) is 0.0713. The smallest absolute Gasteiger partial charge is 0.246 e. The maximum Gasteiger partial charge on any atom is 0.246 e. The van der Waals surface area contributed by atoms with Crippen molar-refractivity contribution in [3.05, 3.63) is 149 Å². The van der Waals surface area contributed by atoms with Gasteiger partial charge in [0.1, 0.15) is 61.4 Å². The fourth-order valence-corrected chi connectivity index (χ4v) is 9.33. The quantitative estimate of drug-likeness (QED) is 0.0502. The molecule has 0 bridgehead atoms. The van der Waals surface area contributed by atoms with Gasteiger partial charge in [-0.2, -0.15) is 0 Å². The van der Waals surface area contributed by atoms with E-state index in [4.69, 9.17) is 30.5 Å². The third-order valence-corrected chi connectivity index (χ3v) is 13.4. The van der Waals surface area contributed by atoms with Gasteiger partial charge in [-0.3, -0.25) is 14.4 Å². The van der Waals surface area contributed by atoms with E-state index in [2.05, 4.69) is 30.9 Å². The molecule has 8 rings (SSSR count). The zero-order chi connectivity index (χ0) is 51.5. The van der Waals surface area contributed by atoms with Crippen molar-refractivity contribution in [2.45, 2.75) is 65.5 Å². The molecule has 0 aliphatic carbocycles. The molecule has 3 atom stereocenters. The number of carbonyl (C=O) groups is 3. The minimum Gasteiger partial charge on any atom is -0.491 e. The van der Waals surface area contributed by atoms with Crippen molar-refractivity contribution in [3.8, 4) is 33.1 Å². The lowest BCUT2D eigenvalue weighted by Gasteiger charge is -2.35. The number of hydrogen-bond acceptors (Lipinski definition) is 13. The second-order valence-electron chi connectivity index (χ2n) is 18.6. The number of nitrogens with zero attached hydrogens (tertiary/aromatic N) is 4. The summed E-state index contributed by atoms with van der Waals surface area (Å²) >= 11 is 8.13. The summed E-state index contributed by atoms with van der Waals surface area (Å²) in [6.07, 6.45) is 0.702. The largest absolute Gasteiger partial charge is 0.491 e. The van der Waals surface area contributed by atoms with E-state index in [9.17, 15) is 23.9 Å². The van der Waals surface area contributed by atoms with Gasteiger partial charge in [0.25, 0.3) is 0 Å². The molecule has 0 spiro atoms. The van der Waals surface area contributed by atoms with Gasteiger partial charge in [-0.15, -0.1) is 11.3 Å². The number of β-amino-alcohol motifs (C(OH)–C–C–N with tert-alkyl or cyclic N) is 1. The number of anilines is 2. The van der Waals surface area contributed by atoms with E-state index < -0.39 is 35.4 Å². The number of rotatable bonds is 21. The summed E-state index contributed by atoms with van der Waals surface area (Å²) in [4.78, 5) is 56.2. The molecule has 15 nitrogen and oxygen atoms in total. The molecule has 18 heteroatoms. The number of aliphatic hydroxyl groups is 1. The molecule has 0 saturated carbocycles. The molecule has 1 aliphatic rings. The number of aryl methyl sites for hydroxylation is 1. The second kappa shape index (κ2) is 24.1. The predicted molar refractivity (Wildman–Crippen MR) is 279 cm³/mol. The van der Waals surface area contributed by atoms with Crippen LogP contribution in [0, 0.1) is 18.2 Å². The Morgan fingerprint density at radius 2 is 1.60 bits per heavy atom. The Labute approximate surface area is 432 Å². The van der Waals surface area contributed by atoms with E-state index in [-0.39, 0.29) is 70.9 Å². The lowest BCUT2D eigenvalue weighted by atomic mass is 9.85. The molecule has 1 aliphatic heterocycles. The number of likely N-dealkylation sites (tertiary alicyclic amines) is 1. The number of halogens is 2. The number of hydrogen-bond donors (Lipinski definition) is 4. The SMILES string of the molecule is Cc1ncsc1-c1ccc(CNC(=O)[C@@H]2C[C@@H](O)CN2C(=O)C(NC(=O)COCCOCCOc2ccc(-c3ccc4ncnc(Nc5ccc(OCc6cccc(F)c6)c(Cl)c5)c4c3)cc2)C(C)(C)C)cc1. The summed E-state index contributed by atoms with van der Waals surface area (Å²) in [6, 6.07) is 31.1. The summed E-state index contributed by atoms with van der Waals surface area (Å²) in [5, 5.41) is 20.8. The van der Waals surface area contributed by atoms with Crippen molar-refractivity contribution in [2.24, 2.45) is 5.41 Å². The first kappa shape index (κ1) is 52.3. The van der Waals surface area contributed by atoms with Crippen LogP contribution in [0.15, 0.2) is 121 Å². The number of aliphatic hydroxyl groups excluding tert-OH is 1. The summed E-state index contributed by atoms with van der Waals surface area (Å²) in [5.41, 5.74) is 8.04. The van der Waals surface area contributed by atoms with Gasteiger partial charge in [-0.25, -0.2) is 19.3 Å². The molecule has 3 amide bonds. The predicted octanol–water partition coefficient (Wildman–Crippen LogP) is 9.06. The molecule has 73 heavy (non-hydrogen) atoms. The van der Waals surface area contributed by atoms with Crippen molar-refractivity contribution in [3.63, 3.8) is 0 Å². The Hall–Kier alpha value is -7.02. The highest BCUT2D eigenvalue weighted by Gasteiger charge is 2.44. The minimum atomic E-state index is -0.980. The highest BCUT2D eigenvalue weighted by atomic mass is 35.5. The molecule has 1 fully saturated rings. The molecule has 2 aromatic heterocycles. The molecular formula is C55H57ClFN7O8S. The molecule has 7 aromatic rings. The third kappa shape index (κ3) is 13.9. The molecule has 0 radical (unpaired) electrons. The number of ether oxygens (including phenoxy) is 4. The Kier molecular flexibility index (Phi) is 17.3. The second-order valence-corrected chi connectivity index (χ2v) is 19.9. The van der Waals surface area contributed by atoms with Crippen LogP contribution in [0.4, 0.5) is 15.9 Å². The van der Waals surface area contributed by atoms with E-state index >= 15 is 0 Å². The Morgan fingerprint density at radius 1 is 0.849 bits per heavy atom. The number of amides is 3. The first-order chi connectivity index (χ1) is 35.2. The van der Waals surface area contributed by atoms with Crippen LogP contribution in [-0.4, -0.2) is 100 Å². The van der Waals surface area contributed by atoms with Crippen LogP contribution in [0.3, 0.4) is 0 Å². The fraction of sp³-hybridized carbons (Fsp3) is 0.309. The number of nitrogens with one attached hydrogen (secondary N) is 3. The van der Waals surface area contributed by atoms with E-state index in [0.29, 0.717) is 33.6 Å². The van der Waals surface area contributed by atoms with Gasteiger partial charge in [0.05, 0.1) is 52.5 Å². The Morgan fingerprint density at radius 3 is 2.34 bits per heavy atom. The first-order valence-corrected chi connectivity index (χ1v) is 25.1. The van der Waals surface area contributed by atoms with Crippen LogP contribution >= 0.6 is 22.9 Å². The minimum absolute atomic E-state index is 0.0260. The maximum atomic E-state index is 14.0. The third-order valence-electron chi connectivity index (χ3n) is 12.1. The van der Waals surface area contributed by atoms with Crippen molar-refractivity contribution in [1.29, 1.82) is 0 Å². The van der Waals surface area contributed by atoms with E-state index in [1.54, 1.807) is 35.6 Å². The van der Waals surface area contributed by atoms with Gasteiger partial charge >= 0.3 is 0 Å². The Bertz CT molecular complexity index is 3030. The molecule has 3 heterocycles. The average molecular weight is 1030 g/mol. The summed E-state index contributed by atoms with van der Waals surface area (Å²) in [7, 11) is 0. The molecule has 1 unspecified atom stereocenters. The van der Waals surface area contributed by atoms with Crippen molar-refractivity contribution in [2.75, 3.05) is 44.9 Å². The molecule has 5 aromatic carbocycles. The number of thiazole rings is 1. The van der Waals surface area contributed by atoms with Crippen LogP contribution < -0.4 is 25.4 Å². The Balaban J connectivity index is 0.747. The summed E-state index contributed by atoms with van der Waals surface area (Å²) in [6.45, 7) is 8.44. The van der Waals surface area contributed by atoms with Gasteiger partial charge in [-0.1, -0.05) is 87.0 Å². The lowest BCUT2D eigenvalue weighted by molar-refractivity contribution is -0.144. The van der Waals surface area contributed by atoms with Gasteiger partial charge < -0.3 is 44.9 Å². The first-order valence-electron chi connectivity index (χ1n) is 23.8. The van der Waals surface area contributed by atoms with Gasteiger partial charge in [0, 0.05) is 30.6 Å². The van der Waals surface area contributed by atoms with Crippen molar-refractivity contribution < 1.29 is 42.8 Å². The van der Waals surface area contributed by atoms with Gasteiger partial charge in [-0.05, 0) is 94.8 Å². The van der Waals surface area contributed by atoms with E-state index in [1.165, 1.54) is 23.4 Å². The molecular weight excluding hydrogens is 973 g/mol. The van der Waals surface area contributed by atoms with Gasteiger partial charge in [0.15, 0.2) is 0 Å². The van der Waals surface area contributed by atoms with E-state index in [1.807, 2.05) is 106 Å². The van der Waals surface area contributed by atoms with Crippen LogP contribution in [0.2, 0.25) is 5.02 Å². The normalized spacial score (nSPS) is 15.0. The molecule has 380 valence electrons. The van der Waals surface area contributed by atoms with Crippen LogP contribution in [0.5, 0.6) is 11.5 Å². The van der Waals surface area contributed by atoms with Crippen LogP contribution in [0.25, 0.3) is 32.5 Å². The van der Waals surface area contributed by atoms with Crippen molar-refractivity contribution >= 4 is 63.1 Å². The number of carbonyl (C=O) groups excluding carboxylic acids is 3. The van der Waals surface area contributed by atoms with E-state index in [0.717, 1.165) is 43.7 Å². The van der Waals surface area contributed by atoms with Crippen molar-refractivity contribution in [1.82, 2.24) is 30.5 Å². The number of benzene rings is 5. The number of fused-ring (bicyclic) bond motifs is 1.